The number of methoxy groups -OCH3 is 1. The minimum absolute atomic E-state index is 0.769. The number of thioether (sulfide) groups is 1. The molecule has 0 spiro atoms. The molecule has 0 saturated carbocycles. The van der Waals surface area contributed by atoms with Gasteiger partial charge in [-0.15, -0.1) is 0 Å². The molecule has 3 heteroatoms. The third-order valence-electron chi connectivity index (χ3n) is 1.38. The maximum absolute atomic E-state index is 4.89. The van der Waals surface area contributed by atoms with Gasteiger partial charge in [-0.25, -0.2) is 0 Å². The van der Waals surface area contributed by atoms with Gasteiger partial charge in [0.1, 0.15) is 0 Å². The maximum Gasteiger partial charge on any atom is 0.0587 e. The summed E-state index contributed by atoms with van der Waals surface area (Å²) >= 11 is 2.00. The second-order valence-corrected chi connectivity index (χ2v) is 3.26. The van der Waals surface area contributed by atoms with Crippen molar-refractivity contribution in [3.8, 4) is 0 Å². The molecule has 54 valence electrons. The standard InChI is InChI=1S/C6H13NOS/c1-8-3-2-7-6-4-9-5-6/h6-7H,2-5H2,1H3. The molecule has 1 heterocycles. The van der Waals surface area contributed by atoms with Crippen LogP contribution >= 0.6 is 11.8 Å². The van der Waals surface area contributed by atoms with Gasteiger partial charge in [-0.1, -0.05) is 0 Å². The molecule has 0 bridgehead atoms. The summed E-state index contributed by atoms with van der Waals surface area (Å²) in [7, 11) is 1.73. The fourth-order valence-corrected chi connectivity index (χ4v) is 1.43. The van der Waals surface area contributed by atoms with Crippen molar-refractivity contribution in [2.24, 2.45) is 0 Å². The van der Waals surface area contributed by atoms with Crippen molar-refractivity contribution in [2.45, 2.75) is 6.04 Å². The molecule has 0 amide bonds. The van der Waals surface area contributed by atoms with Gasteiger partial charge < -0.3 is 10.1 Å². The molecule has 1 aliphatic rings. The lowest BCUT2D eigenvalue weighted by molar-refractivity contribution is 0.197. The number of ether oxygens (including phenoxy) is 1. The highest BCUT2D eigenvalue weighted by Crippen LogP contribution is 2.16. The molecule has 2 nitrogen and oxygen atoms in total. The van der Waals surface area contributed by atoms with Crippen molar-refractivity contribution in [3.05, 3.63) is 0 Å². The normalized spacial score (nSPS) is 19.7. The van der Waals surface area contributed by atoms with E-state index in [0.29, 0.717) is 0 Å². The minimum atomic E-state index is 0.769. The van der Waals surface area contributed by atoms with Gasteiger partial charge in [0.2, 0.25) is 0 Å². The number of rotatable bonds is 4. The van der Waals surface area contributed by atoms with E-state index in [1.165, 1.54) is 11.5 Å². The van der Waals surface area contributed by atoms with Crippen molar-refractivity contribution in [1.82, 2.24) is 5.32 Å². The fraction of sp³-hybridized carbons (Fsp3) is 1.00. The molecule has 1 fully saturated rings. The van der Waals surface area contributed by atoms with Crippen LogP contribution in [0.25, 0.3) is 0 Å². The van der Waals surface area contributed by atoms with E-state index in [4.69, 9.17) is 4.74 Å². The average molecular weight is 147 g/mol. The Bertz CT molecular complexity index is 75.5. The van der Waals surface area contributed by atoms with Gasteiger partial charge in [-0.2, -0.15) is 11.8 Å². The Morgan fingerprint density at radius 3 is 2.89 bits per heavy atom. The molecular weight excluding hydrogens is 134 g/mol. The molecule has 0 aromatic carbocycles. The van der Waals surface area contributed by atoms with Gasteiger partial charge in [0.25, 0.3) is 0 Å². The molecule has 0 aliphatic carbocycles. The third kappa shape index (κ3) is 2.56. The molecule has 9 heavy (non-hydrogen) atoms. The zero-order chi connectivity index (χ0) is 6.53. The molecule has 1 N–H and O–H groups in total. The Balaban J connectivity index is 1.80. The molecule has 0 aromatic rings. The largest absolute Gasteiger partial charge is 0.383 e. The summed E-state index contributed by atoms with van der Waals surface area (Å²) in [4.78, 5) is 0. The Hall–Kier alpha value is 0.270. The summed E-state index contributed by atoms with van der Waals surface area (Å²) in [6, 6.07) is 0.769. The molecule has 0 aromatic heterocycles. The summed E-state index contributed by atoms with van der Waals surface area (Å²) in [5, 5.41) is 3.37. The molecule has 1 rings (SSSR count). The summed E-state index contributed by atoms with van der Waals surface area (Å²) in [5.74, 6) is 2.56. The van der Waals surface area contributed by atoms with Gasteiger partial charge in [0, 0.05) is 31.2 Å². The lowest BCUT2D eigenvalue weighted by Crippen LogP contribution is -2.41. The highest BCUT2D eigenvalue weighted by atomic mass is 32.2. The predicted octanol–water partition coefficient (Wildman–Crippen LogP) is 0.338. The first-order valence-electron chi connectivity index (χ1n) is 3.23. The van der Waals surface area contributed by atoms with Crippen LogP contribution in [0.2, 0.25) is 0 Å². The molecule has 1 aliphatic heterocycles. The van der Waals surface area contributed by atoms with E-state index in [-0.39, 0.29) is 0 Å². The second kappa shape index (κ2) is 4.14. The number of hydrogen-bond acceptors (Lipinski definition) is 3. The highest BCUT2D eigenvalue weighted by Gasteiger charge is 2.15. The SMILES string of the molecule is COCCNC1CSC1. The first kappa shape index (κ1) is 7.38. The Kier molecular flexibility index (Phi) is 3.40. The van der Waals surface area contributed by atoms with E-state index in [2.05, 4.69) is 5.32 Å². The van der Waals surface area contributed by atoms with Crippen LogP contribution in [-0.4, -0.2) is 37.8 Å². The third-order valence-corrected chi connectivity index (χ3v) is 2.65. The van der Waals surface area contributed by atoms with Crippen molar-refractivity contribution in [2.75, 3.05) is 31.8 Å². The lowest BCUT2D eigenvalue weighted by Gasteiger charge is -2.25. The van der Waals surface area contributed by atoms with E-state index < -0.39 is 0 Å². The number of nitrogens with one attached hydrogen (secondary N) is 1. The van der Waals surface area contributed by atoms with Crippen molar-refractivity contribution in [1.29, 1.82) is 0 Å². The first-order chi connectivity index (χ1) is 4.43. The monoisotopic (exact) mass is 147 g/mol. The van der Waals surface area contributed by atoms with E-state index >= 15 is 0 Å². The van der Waals surface area contributed by atoms with Crippen molar-refractivity contribution in [3.63, 3.8) is 0 Å². The van der Waals surface area contributed by atoms with Crippen LogP contribution in [0.5, 0.6) is 0 Å². The van der Waals surface area contributed by atoms with Crippen LogP contribution in [0.15, 0.2) is 0 Å². The minimum Gasteiger partial charge on any atom is -0.383 e. The van der Waals surface area contributed by atoms with Gasteiger partial charge in [0.05, 0.1) is 6.61 Å². The van der Waals surface area contributed by atoms with Crippen LogP contribution in [0, 0.1) is 0 Å². The predicted molar refractivity (Wildman–Crippen MR) is 41.0 cm³/mol. The van der Waals surface area contributed by atoms with Crippen LogP contribution in [0.1, 0.15) is 0 Å². The zero-order valence-corrected chi connectivity index (χ0v) is 6.54. The molecule has 0 atom stereocenters. The fourth-order valence-electron chi connectivity index (χ4n) is 0.719. The first-order valence-corrected chi connectivity index (χ1v) is 4.39. The van der Waals surface area contributed by atoms with E-state index in [0.717, 1.165) is 19.2 Å². The van der Waals surface area contributed by atoms with Crippen molar-refractivity contribution >= 4 is 11.8 Å². The van der Waals surface area contributed by atoms with Crippen LogP contribution in [0.4, 0.5) is 0 Å². The Morgan fingerprint density at radius 1 is 1.67 bits per heavy atom. The van der Waals surface area contributed by atoms with Gasteiger partial charge in [-0.3, -0.25) is 0 Å². The van der Waals surface area contributed by atoms with Crippen LogP contribution < -0.4 is 5.32 Å². The molecule has 0 unspecified atom stereocenters. The Morgan fingerprint density at radius 2 is 2.44 bits per heavy atom. The lowest BCUT2D eigenvalue weighted by atomic mass is 10.4. The molecule has 1 saturated heterocycles. The van der Waals surface area contributed by atoms with Gasteiger partial charge in [0.15, 0.2) is 0 Å². The van der Waals surface area contributed by atoms with E-state index in [1.807, 2.05) is 11.8 Å². The number of hydrogen-bond donors (Lipinski definition) is 1. The zero-order valence-electron chi connectivity index (χ0n) is 5.72. The summed E-state index contributed by atoms with van der Waals surface area (Å²) in [6.45, 7) is 1.84. The molecular formula is C6H13NOS. The topological polar surface area (TPSA) is 21.3 Å². The smallest absolute Gasteiger partial charge is 0.0587 e. The quantitative estimate of drug-likeness (QED) is 0.579. The average Bonchev–Trinajstić information content (AvgIpc) is 1.76. The van der Waals surface area contributed by atoms with Crippen molar-refractivity contribution < 1.29 is 4.74 Å². The van der Waals surface area contributed by atoms with Crippen LogP contribution in [-0.2, 0) is 4.74 Å². The summed E-state index contributed by atoms with van der Waals surface area (Å²) < 4.78 is 4.89. The second-order valence-electron chi connectivity index (χ2n) is 2.18. The maximum atomic E-state index is 4.89. The van der Waals surface area contributed by atoms with E-state index in [9.17, 15) is 0 Å². The van der Waals surface area contributed by atoms with E-state index in [1.54, 1.807) is 7.11 Å². The van der Waals surface area contributed by atoms with Crippen LogP contribution in [0.3, 0.4) is 0 Å². The molecule has 0 radical (unpaired) electrons. The summed E-state index contributed by atoms with van der Waals surface area (Å²) in [5.41, 5.74) is 0. The van der Waals surface area contributed by atoms with Gasteiger partial charge >= 0.3 is 0 Å². The highest BCUT2D eigenvalue weighted by molar-refractivity contribution is 8.00. The summed E-state index contributed by atoms with van der Waals surface area (Å²) in [6.07, 6.45) is 0. The Labute approximate surface area is 60.3 Å². The van der Waals surface area contributed by atoms with Gasteiger partial charge in [-0.05, 0) is 0 Å².